The van der Waals surface area contributed by atoms with Crippen molar-refractivity contribution in [1.29, 1.82) is 0 Å². The summed E-state index contributed by atoms with van der Waals surface area (Å²) in [5.41, 5.74) is 0.924. The van der Waals surface area contributed by atoms with Crippen molar-refractivity contribution in [1.82, 2.24) is 10.2 Å². The van der Waals surface area contributed by atoms with E-state index in [0.29, 0.717) is 11.8 Å². The highest BCUT2D eigenvalue weighted by atomic mass is 16.5. The van der Waals surface area contributed by atoms with E-state index in [1.165, 1.54) is 0 Å². The average molecular weight is 360 g/mol. The molecule has 5 nitrogen and oxygen atoms in total. The Morgan fingerprint density at radius 3 is 2.38 bits per heavy atom. The molecule has 1 aliphatic heterocycles. The summed E-state index contributed by atoms with van der Waals surface area (Å²) in [5.74, 6) is 1.05. The van der Waals surface area contributed by atoms with Crippen LogP contribution in [0.25, 0.3) is 0 Å². The fourth-order valence-electron chi connectivity index (χ4n) is 3.61. The van der Waals surface area contributed by atoms with Crippen molar-refractivity contribution >= 4 is 12.0 Å². The summed E-state index contributed by atoms with van der Waals surface area (Å²) in [7, 11) is 0. The minimum atomic E-state index is -0.541. The van der Waals surface area contributed by atoms with Crippen LogP contribution < -0.4 is 5.32 Å². The van der Waals surface area contributed by atoms with Crippen molar-refractivity contribution in [3.8, 4) is 0 Å². The van der Waals surface area contributed by atoms with Crippen LogP contribution in [-0.4, -0.2) is 36.0 Å². The monoisotopic (exact) mass is 360 g/mol. The smallest absolute Gasteiger partial charge is 0.408 e. The molecule has 0 spiro atoms. The second-order valence-electron chi connectivity index (χ2n) is 7.76. The minimum absolute atomic E-state index is 0.00871. The summed E-state index contributed by atoms with van der Waals surface area (Å²) >= 11 is 0. The fourth-order valence-corrected chi connectivity index (χ4v) is 3.61. The number of nitrogens with zero attached hydrogens (tertiary/aromatic N) is 1. The predicted octanol–water partition coefficient (Wildman–Crippen LogP) is 3.83. The molecule has 1 aromatic rings. The third-order valence-corrected chi connectivity index (χ3v) is 5.15. The van der Waals surface area contributed by atoms with Crippen LogP contribution in [0.4, 0.5) is 4.79 Å². The average Bonchev–Trinajstić information content (AvgIpc) is 2.63. The third-order valence-electron chi connectivity index (χ3n) is 5.15. The van der Waals surface area contributed by atoms with Gasteiger partial charge in [-0.25, -0.2) is 4.79 Å². The molecule has 1 aliphatic rings. The van der Waals surface area contributed by atoms with Crippen LogP contribution in [0.15, 0.2) is 30.3 Å². The Balaban J connectivity index is 1.97. The Morgan fingerprint density at radius 1 is 1.19 bits per heavy atom. The number of likely N-dealkylation sites (tertiary alicyclic amines) is 1. The van der Waals surface area contributed by atoms with Crippen molar-refractivity contribution in [2.45, 2.75) is 53.2 Å². The molecule has 4 unspecified atom stereocenters. The molecule has 1 heterocycles. The second kappa shape index (κ2) is 9.60. The van der Waals surface area contributed by atoms with Crippen molar-refractivity contribution < 1.29 is 14.3 Å². The van der Waals surface area contributed by atoms with Gasteiger partial charge in [-0.2, -0.15) is 0 Å². The van der Waals surface area contributed by atoms with Gasteiger partial charge < -0.3 is 15.0 Å². The summed E-state index contributed by atoms with van der Waals surface area (Å²) in [5, 5.41) is 2.81. The van der Waals surface area contributed by atoms with Crippen LogP contribution in [-0.2, 0) is 16.1 Å². The molecule has 2 rings (SSSR count). The first-order valence-corrected chi connectivity index (χ1v) is 9.66. The molecule has 0 aromatic heterocycles. The highest BCUT2D eigenvalue weighted by Gasteiger charge is 2.33. The lowest BCUT2D eigenvalue weighted by Gasteiger charge is -2.38. The Labute approximate surface area is 157 Å². The number of hydrogen-bond donors (Lipinski definition) is 1. The van der Waals surface area contributed by atoms with Gasteiger partial charge in [0, 0.05) is 13.1 Å². The van der Waals surface area contributed by atoms with Crippen LogP contribution in [0.2, 0.25) is 0 Å². The molecule has 1 aromatic carbocycles. The number of ether oxygens (including phenoxy) is 1. The zero-order chi connectivity index (χ0) is 19.1. The van der Waals surface area contributed by atoms with Gasteiger partial charge >= 0.3 is 6.09 Å². The summed E-state index contributed by atoms with van der Waals surface area (Å²) in [6, 6.07) is 8.99. The van der Waals surface area contributed by atoms with Gasteiger partial charge in [0.05, 0.1) is 0 Å². The molecule has 1 fully saturated rings. The molecule has 0 radical (unpaired) electrons. The lowest BCUT2D eigenvalue weighted by Crippen LogP contribution is -2.54. The van der Waals surface area contributed by atoms with Crippen molar-refractivity contribution in [3.05, 3.63) is 35.9 Å². The van der Waals surface area contributed by atoms with Crippen LogP contribution in [0.5, 0.6) is 0 Å². The topological polar surface area (TPSA) is 58.6 Å². The van der Waals surface area contributed by atoms with Crippen LogP contribution in [0.3, 0.4) is 0 Å². The Kier molecular flexibility index (Phi) is 7.49. The molecule has 0 bridgehead atoms. The fraction of sp³-hybridized carbons (Fsp3) is 0.619. The van der Waals surface area contributed by atoms with Crippen molar-refractivity contribution in [3.63, 3.8) is 0 Å². The van der Waals surface area contributed by atoms with E-state index in [9.17, 15) is 9.59 Å². The number of hydrogen-bond acceptors (Lipinski definition) is 3. The molecule has 5 heteroatoms. The summed E-state index contributed by atoms with van der Waals surface area (Å²) < 4.78 is 5.31. The van der Waals surface area contributed by atoms with Crippen LogP contribution >= 0.6 is 0 Å². The number of piperidine rings is 1. The number of amides is 2. The van der Waals surface area contributed by atoms with Crippen LogP contribution in [0, 0.1) is 17.8 Å². The molecule has 0 saturated carbocycles. The van der Waals surface area contributed by atoms with Gasteiger partial charge in [0.2, 0.25) is 5.91 Å². The van der Waals surface area contributed by atoms with E-state index in [1.807, 2.05) is 49.1 Å². The number of carbonyl (C=O) groups excluding carboxylic acids is 2. The number of nitrogens with one attached hydrogen (secondary N) is 1. The highest BCUT2D eigenvalue weighted by molar-refractivity contribution is 5.86. The van der Waals surface area contributed by atoms with Crippen molar-refractivity contribution in [2.75, 3.05) is 13.1 Å². The molecule has 1 saturated heterocycles. The lowest BCUT2D eigenvalue weighted by atomic mass is 9.90. The van der Waals surface area contributed by atoms with E-state index in [1.54, 1.807) is 0 Å². The molecule has 144 valence electrons. The molecular weight excluding hydrogens is 328 g/mol. The van der Waals surface area contributed by atoms with E-state index in [4.69, 9.17) is 4.74 Å². The number of carbonyl (C=O) groups is 2. The second-order valence-corrected chi connectivity index (χ2v) is 7.76. The van der Waals surface area contributed by atoms with Gasteiger partial charge in [-0.3, -0.25) is 4.79 Å². The van der Waals surface area contributed by atoms with E-state index in [0.717, 1.165) is 31.5 Å². The first-order chi connectivity index (χ1) is 12.4. The molecule has 26 heavy (non-hydrogen) atoms. The molecular formula is C21H32N2O3. The quantitative estimate of drug-likeness (QED) is 0.839. The Hall–Kier alpha value is -2.04. The van der Waals surface area contributed by atoms with E-state index in [2.05, 4.69) is 19.2 Å². The van der Waals surface area contributed by atoms with Gasteiger partial charge in [-0.15, -0.1) is 0 Å². The maximum Gasteiger partial charge on any atom is 0.408 e. The lowest BCUT2D eigenvalue weighted by molar-refractivity contribution is -0.137. The summed E-state index contributed by atoms with van der Waals surface area (Å²) in [6.07, 6.45) is 1.42. The van der Waals surface area contributed by atoms with E-state index < -0.39 is 12.1 Å². The Morgan fingerprint density at radius 2 is 1.81 bits per heavy atom. The van der Waals surface area contributed by atoms with Gasteiger partial charge in [0.15, 0.2) is 0 Å². The third kappa shape index (κ3) is 5.75. The predicted molar refractivity (Wildman–Crippen MR) is 103 cm³/mol. The van der Waals surface area contributed by atoms with Crippen molar-refractivity contribution in [2.24, 2.45) is 17.8 Å². The highest BCUT2D eigenvalue weighted by Crippen LogP contribution is 2.23. The van der Waals surface area contributed by atoms with Gasteiger partial charge in [-0.05, 0) is 29.7 Å². The van der Waals surface area contributed by atoms with E-state index in [-0.39, 0.29) is 18.4 Å². The number of alkyl carbamates (subject to hydrolysis) is 1. The van der Waals surface area contributed by atoms with Gasteiger partial charge in [0.25, 0.3) is 0 Å². The van der Waals surface area contributed by atoms with Crippen LogP contribution in [0.1, 0.15) is 46.1 Å². The van der Waals surface area contributed by atoms with Gasteiger partial charge in [0.1, 0.15) is 12.6 Å². The number of benzene rings is 1. The first-order valence-electron chi connectivity index (χ1n) is 9.66. The van der Waals surface area contributed by atoms with E-state index >= 15 is 0 Å². The maximum absolute atomic E-state index is 13.1. The first kappa shape index (κ1) is 20.3. The number of rotatable bonds is 6. The normalized spacial score (nSPS) is 22.4. The summed E-state index contributed by atoms with van der Waals surface area (Å²) in [4.78, 5) is 27.2. The zero-order valence-corrected chi connectivity index (χ0v) is 16.4. The molecule has 4 atom stereocenters. The maximum atomic E-state index is 13.1. The summed E-state index contributed by atoms with van der Waals surface area (Å²) in [6.45, 7) is 10.1. The molecule has 2 amide bonds. The SMILES string of the molecule is CCC(C)C(NC(=O)OCc1ccccc1)C(=O)N1CC(C)CC(C)C1. The largest absolute Gasteiger partial charge is 0.445 e. The minimum Gasteiger partial charge on any atom is -0.445 e. The van der Waals surface area contributed by atoms with Gasteiger partial charge in [-0.1, -0.05) is 64.4 Å². The Bertz CT molecular complexity index is 580. The molecule has 1 N–H and O–H groups in total. The molecule has 0 aliphatic carbocycles. The standard InChI is InChI=1S/C21H32N2O3/c1-5-17(4)19(20(24)23-12-15(2)11-16(3)13-23)22-21(25)26-14-18-9-7-6-8-10-18/h6-10,15-17,19H,5,11-14H2,1-4H3,(H,22,25). The zero-order valence-electron chi connectivity index (χ0n) is 16.4.